The molecule has 1 N–H and O–H groups in total. The highest BCUT2D eigenvalue weighted by atomic mass is 16.2. The van der Waals surface area contributed by atoms with Crippen LogP contribution in [0.1, 0.15) is 65.2 Å². The third-order valence-electron chi connectivity index (χ3n) is 4.68. The molecule has 0 unspecified atom stereocenters. The highest BCUT2D eigenvalue weighted by molar-refractivity contribution is 6.19. The Balaban J connectivity index is 2.12. The molecule has 0 radical (unpaired) electrons. The van der Waals surface area contributed by atoms with Crippen molar-refractivity contribution >= 4 is 17.8 Å². The average molecular weight is 294 g/mol. The number of hydrogen-bond donors (Lipinski definition) is 1. The third kappa shape index (κ3) is 3.27. The summed E-state index contributed by atoms with van der Waals surface area (Å²) >= 11 is 0. The first-order chi connectivity index (χ1) is 9.97. The van der Waals surface area contributed by atoms with Crippen LogP contribution in [-0.4, -0.2) is 29.3 Å². The van der Waals surface area contributed by atoms with Crippen molar-refractivity contribution in [1.29, 1.82) is 0 Å². The van der Waals surface area contributed by atoms with Crippen LogP contribution in [0.15, 0.2) is 0 Å². The van der Waals surface area contributed by atoms with Crippen molar-refractivity contribution in [2.24, 2.45) is 11.3 Å². The highest BCUT2D eigenvalue weighted by Gasteiger charge is 2.53. The van der Waals surface area contributed by atoms with Gasteiger partial charge in [-0.1, -0.05) is 39.5 Å². The van der Waals surface area contributed by atoms with Gasteiger partial charge in [-0.25, -0.2) is 4.79 Å². The van der Waals surface area contributed by atoms with Crippen molar-refractivity contribution in [2.75, 3.05) is 6.54 Å². The van der Waals surface area contributed by atoms with Crippen molar-refractivity contribution in [2.45, 2.75) is 65.2 Å². The number of carbonyl (C=O) groups excluding carboxylic acids is 3. The summed E-state index contributed by atoms with van der Waals surface area (Å²) in [6, 6.07) is -0.538. The van der Waals surface area contributed by atoms with Crippen LogP contribution in [0.4, 0.5) is 4.79 Å². The second-order valence-electron chi connectivity index (χ2n) is 6.75. The Hall–Kier alpha value is -1.39. The summed E-state index contributed by atoms with van der Waals surface area (Å²) in [6.07, 6.45) is 6.80. The number of rotatable bonds is 4. The lowest BCUT2D eigenvalue weighted by atomic mass is 9.77. The lowest BCUT2D eigenvalue weighted by Gasteiger charge is -2.39. The van der Waals surface area contributed by atoms with E-state index in [1.807, 2.05) is 0 Å². The summed E-state index contributed by atoms with van der Waals surface area (Å²) in [5.74, 6) is -0.0946. The summed E-state index contributed by atoms with van der Waals surface area (Å²) in [7, 11) is 0. The Morgan fingerprint density at radius 3 is 2.29 bits per heavy atom. The van der Waals surface area contributed by atoms with E-state index in [-0.39, 0.29) is 11.8 Å². The van der Waals surface area contributed by atoms with E-state index in [9.17, 15) is 14.4 Å². The van der Waals surface area contributed by atoms with Crippen LogP contribution in [0, 0.1) is 11.3 Å². The van der Waals surface area contributed by atoms with Crippen LogP contribution in [0.2, 0.25) is 0 Å². The maximum atomic E-state index is 12.8. The molecule has 21 heavy (non-hydrogen) atoms. The van der Waals surface area contributed by atoms with Gasteiger partial charge in [-0.3, -0.25) is 19.8 Å². The number of amides is 4. The van der Waals surface area contributed by atoms with E-state index >= 15 is 0 Å². The number of nitrogens with one attached hydrogen (secondary N) is 1. The molecule has 118 valence electrons. The Kier molecular flexibility index (Phi) is 5.01. The van der Waals surface area contributed by atoms with E-state index in [1.54, 1.807) is 0 Å². The number of carbonyl (C=O) groups is 3. The van der Waals surface area contributed by atoms with E-state index in [0.29, 0.717) is 25.3 Å². The number of urea groups is 1. The molecule has 2 rings (SSSR count). The molecule has 1 saturated carbocycles. The predicted octanol–water partition coefficient (Wildman–Crippen LogP) is 2.84. The number of nitrogens with zero attached hydrogens (tertiary/aromatic N) is 1. The molecule has 2 fully saturated rings. The molecule has 1 aliphatic heterocycles. The van der Waals surface area contributed by atoms with Gasteiger partial charge in [0, 0.05) is 6.54 Å². The summed E-state index contributed by atoms with van der Waals surface area (Å²) < 4.78 is 0. The number of imide groups is 2. The fourth-order valence-electron chi connectivity index (χ4n) is 3.37. The molecule has 1 saturated heterocycles. The lowest BCUT2D eigenvalue weighted by Crippen LogP contribution is -2.63. The molecule has 1 aliphatic carbocycles. The first kappa shape index (κ1) is 16.0. The molecule has 1 heterocycles. The normalized spacial score (nSPS) is 22.6. The zero-order valence-electron chi connectivity index (χ0n) is 13.1. The molecular weight excluding hydrogens is 268 g/mol. The predicted molar refractivity (Wildman–Crippen MR) is 79.5 cm³/mol. The van der Waals surface area contributed by atoms with Crippen LogP contribution in [0.3, 0.4) is 0 Å². The van der Waals surface area contributed by atoms with Crippen molar-refractivity contribution in [3.05, 3.63) is 0 Å². The van der Waals surface area contributed by atoms with Gasteiger partial charge in [0.1, 0.15) is 5.41 Å². The van der Waals surface area contributed by atoms with Gasteiger partial charge in [0.15, 0.2) is 0 Å². The number of hydrogen-bond acceptors (Lipinski definition) is 3. The zero-order valence-corrected chi connectivity index (χ0v) is 13.1. The first-order valence-electron chi connectivity index (χ1n) is 8.15. The largest absolute Gasteiger partial charge is 0.330 e. The standard InChI is InChI=1S/C16H26N2O3/c1-12(2)8-7-11-18-14(20)16(13(19)17-15(18)21)9-5-3-4-6-10-16/h12H,3-11H2,1-2H3,(H,17,19,21). The molecule has 0 atom stereocenters. The summed E-state index contributed by atoms with van der Waals surface area (Å²) in [6.45, 7) is 4.65. The molecule has 2 aliphatic rings. The lowest BCUT2D eigenvalue weighted by molar-refractivity contribution is -0.152. The summed E-state index contributed by atoms with van der Waals surface area (Å²) in [5, 5.41) is 2.41. The van der Waals surface area contributed by atoms with Crippen LogP contribution < -0.4 is 5.32 Å². The first-order valence-corrected chi connectivity index (χ1v) is 8.15. The Morgan fingerprint density at radius 2 is 1.71 bits per heavy atom. The summed E-state index contributed by atoms with van der Waals surface area (Å²) in [5.41, 5.74) is -0.984. The Labute approximate surface area is 126 Å². The van der Waals surface area contributed by atoms with Crippen molar-refractivity contribution in [3.63, 3.8) is 0 Å². The minimum absolute atomic E-state index is 0.262. The van der Waals surface area contributed by atoms with E-state index < -0.39 is 11.4 Å². The van der Waals surface area contributed by atoms with E-state index in [0.717, 1.165) is 38.5 Å². The van der Waals surface area contributed by atoms with Gasteiger partial charge in [-0.05, 0) is 31.6 Å². The van der Waals surface area contributed by atoms with Crippen LogP contribution in [0.5, 0.6) is 0 Å². The van der Waals surface area contributed by atoms with Gasteiger partial charge < -0.3 is 0 Å². The Bertz CT molecular complexity index is 423. The molecule has 4 amide bonds. The quantitative estimate of drug-likeness (QED) is 0.811. The maximum Gasteiger partial charge on any atom is 0.330 e. The molecule has 0 bridgehead atoms. The zero-order chi connectivity index (χ0) is 15.5. The molecule has 0 aromatic rings. The van der Waals surface area contributed by atoms with E-state index in [2.05, 4.69) is 19.2 Å². The number of barbiturate groups is 1. The van der Waals surface area contributed by atoms with E-state index in [1.165, 1.54) is 4.90 Å². The van der Waals surface area contributed by atoms with Crippen LogP contribution >= 0.6 is 0 Å². The van der Waals surface area contributed by atoms with Gasteiger partial charge >= 0.3 is 6.03 Å². The summed E-state index contributed by atoms with van der Waals surface area (Å²) in [4.78, 5) is 38.3. The molecular formula is C16H26N2O3. The third-order valence-corrected chi connectivity index (χ3v) is 4.68. The minimum Gasteiger partial charge on any atom is -0.277 e. The molecule has 5 heteroatoms. The second-order valence-corrected chi connectivity index (χ2v) is 6.75. The fraction of sp³-hybridized carbons (Fsp3) is 0.812. The van der Waals surface area contributed by atoms with Crippen LogP contribution in [-0.2, 0) is 9.59 Å². The topological polar surface area (TPSA) is 66.5 Å². The van der Waals surface area contributed by atoms with Crippen molar-refractivity contribution in [1.82, 2.24) is 10.2 Å². The van der Waals surface area contributed by atoms with Gasteiger partial charge in [-0.2, -0.15) is 0 Å². The van der Waals surface area contributed by atoms with Gasteiger partial charge in [0.25, 0.3) is 0 Å². The Morgan fingerprint density at radius 1 is 1.10 bits per heavy atom. The second kappa shape index (κ2) is 6.58. The SMILES string of the molecule is CC(C)CCCN1C(=O)NC(=O)C2(CCCCCC2)C1=O. The van der Waals surface area contributed by atoms with Crippen molar-refractivity contribution < 1.29 is 14.4 Å². The average Bonchev–Trinajstić information content (AvgIpc) is 2.67. The maximum absolute atomic E-state index is 12.8. The van der Waals surface area contributed by atoms with Crippen LogP contribution in [0.25, 0.3) is 0 Å². The smallest absolute Gasteiger partial charge is 0.277 e. The van der Waals surface area contributed by atoms with Gasteiger partial charge in [-0.15, -0.1) is 0 Å². The van der Waals surface area contributed by atoms with E-state index in [4.69, 9.17) is 0 Å². The van der Waals surface area contributed by atoms with Gasteiger partial charge in [0.2, 0.25) is 11.8 Å². The molecule has 0 aromatic heterocycles. The minimum atomic E-state index is -0.984. The monoisotopic (exact) mass is 294 g/mol. The van der Waals surface area contributed by atoms with Gasteiger partial charge in [0.05, 0.1) is 0 Å². The molecule has 0 aromatic carbocycles. The fourth-order valence-corrected chi connectivity index (χ4v) is 3.37. The highest BCUT2D eigenvalue weighted by Crippen LogP contribution is 2.39. The van der Waals surface area contributed by atoms with Crippen molar-refractivity contribution in [3.8, 4) is 0 Å². The molecule has 5 nitrogen and oxygen atoms in total. The molecule has 1 spiro atoms.